The average molecular weight is 380 g/mol. The summed E-state index contributed by atoms with van der Waals surface area (Å²) in [6, 6.07) is 16.9. The largest absolute Gasteiger partial charge is 0.428 e. The molecule has 8 nitrogen and oxygen atoms in total. The summed E-state index contributed by atoms with van der Waals surface area (Å²) >= 11 is 0. The molecule has 2 aromatic carbocycles. The standard InChI is InChI=1S/C20H20N4O4/c25-19-18(23-20(26)28-24-10-12-27-13-11-24)22-17(14-6-2-1-3-7-14)15-8-4-5-9-16(15)21-19/h1-9,18H,10-13H2,(H,21,25)(H,23,26). The van der Waals surface area contributed by atoms with Gasteiger partial charge >= 0.3 is 6.09 Å². The van der Waals surface area contributed by atoms with Crippen molar-refractivity contribution in [1.82, 2.24) is 10.4 Å². The van der Waals surface area contributed by atoms with Crippen LogP contribution in [0.2, 0.25) is 0 Å². The van der Waals surface area contributed by atoms with Crippen LogP contribution in [0.1, 0.15) is 11.1 Å². The quantitative estimate of drug-likeness (QED) is 0.847. The van der Waals surface area contributed by atoms with Crippen LogP contribution < -0.4 is 10.6 Å². The molecule has 1 unspecified atom stereocenters. The predicted molar refractivity (Wildman–Crippen MR) is 103 cm³/mol. The number of aliphatic imine (C=N–C) groups is 1. The maximum atomic E-state index is 12.7. The molecule has 144 valence electrons. The number of hydroxylamine groups is 2. The molecule has 4 rings (SSSR count). The predicted octanol–water partition coefficient (Wildman–Crippen LogP) is 1.78. The lowest BCUT2D eigenvalue weighted by atomic mass is 10.0. The maximum Gasteiger partial charge on any atom is 0.428 e. The van der Waals surface area contributed by atoms with Crippen molar-refractivity contribution in [3.63, 3.8) is 0 Å². The minimum atomic E-state index is -1.11. The Labute approximate surface area is 162 Å². The van der Waals surface area contributed by atoms with Crippen LogP contribution in [0.4, 0.5) is 10.5 Å². The number of nitrogens with zero attached hydrogens (tertiary/aromatic N) is 2. The number of benzodiazepines with no additional fused rings is 1. The van der Waals surface area contributed by atoms with Gasteiger partial charge in [0.25, 0.3) is 5.91 Å². The van der Waals surface area contributed by atoms with Crippen molar-refractivity contribution in [2.24, 2.45) is 4.99 Å². The number of benzene rings is 2. The van der Waals surface area contributed by atoms with Crippen molar-refractivity contribution in [2.75, 3.05) is 31.6 Å². The van der Waals surface area contributed by atoms with Crippen LogP contribution in [0.5, 0.6) is 0 Å². The van der Waals surface area contributed by atoms with E-state index in [9.17, 15) is 9.59 Å². The van der Waals surface area contributed by atoms with Gasteiger partial charge in [0.2, 0.25) is 6.17 Å². The minimum absolute atomic E-state index is 0.433. The number of anilines is 1. The highest BCUT2D eigenvalue weighted by Gasteiger charge is 2.28. The fourth-order valence-corrected chi connectivity index (χ4v) is 3.07. The van der Waals surface area contributed by atoms with Crippen LogP contribution in [0.3, 0.4) is 0 Å². The molecule has 0 aliphatic carbocycles. The number of morpholine rings is 1. The van der Waals surface area contributed by atoms with Gasteiger partial charge in [-0.2, -0.15) is 0 Å². The smallest absolute Gasteiger partial charge is 0.379 e. The lowest BCUT2D eigenvalue weighted by Gasteiger charge is -2.25. The molecule has 28 heavy (non-hydrogen) atoms. The highest BCUT2D eigenvalue weighted by Crippen LogP contribution is 2.23. The zero-order valence-electron chi connectivity index (χ0n) is 15.1. The van der Waals surface area contributed by atoms with Gasteiger partial charge in [0.15, 0.2) is 0 Å². The molecule has 0 saturated carbocycles. The summed E-state index contributed by atoms with van der Waals surface area (Å²) in [5.74, 6) is -0.433. The molecule has 1 saturated heterocycles. The van der Waals surface area contributed by atoms with Crippen molar-refractivity contribution in [3.8, 4) is 0 Å². The zero-order chi connectivity index (χ0) is 19.3. The van der Waals surface area contributed by atoms with Gasteiger partial charge in [-0.1, -0.05) is 48.5 Å². The Morgan fingerprint density at radius 3 is 2.61 bits per heavy atom. The van der Waals surface area contributed by atoms with E-state index in [1.807, 2.05) is 48.5 Å². The molecule has 2 aromatic rings. The fraction of sp³-hybridized carbons (Fsp3) is 0.250. The average Bonchev–Trinajstić information content (AvgIpc) is 2.86. The third-order valence-corrected chi connectivity index (χ3v) is 4.43. The third-order valence-electron chi connectivity index (χ3n) is 4.43. The summed E-state index contributed by atoms with van der Waals surface area (Å²) in [6.45, 7) is 1.94. The minimum Gasteiger partial charge on any atom is -0.379 e. The monoisotopic (exact) mass is 380 g/mol. The van der Waals surface area contributed by atoms with Crippen LogP contribution in [0, 0.1) is 0 Å². The Bertz CT molecular complexity index is 894. The van der Waals surface area contributed by atoms with Gasteiger partial charge in [-0.25, -0.2) is 9.79 Å². The Kier molecular flexibility index (Phi) is 5.31. The van der Waals surface area contributed by atoms with Crippen molar-refractivity contribution in [1.29, 1.82) is 0 Å². The lowest BCUT2D eigenvalue weighted by molar-refractivity contribution is -0.147. The zero-order valence-corrected chi connectivity index (χ0v) is 15.1. The Morgan fingerprint density at radius 2 is 1.82 bits per heavy atom. The number of ether oxygens (including phenoxy) is 1. The summed E-state index contributed by atoms with van der Waals surface area (Å²) in [4.78, 5) is 34.8. The molecule has 1 atom stereocenters. The van der Waals surface area contributed by atoms with E-state index < -0.39 is 18.2 Å². The molecule has 0 aromatic heterocycles. The molecule has 0 spiro atoms. The molecular weight excluding hydrogens is 360 g/mol. The highest BCUT2D eigenvalue weighted by molar-refractivity contribution is 6.19. The number of nitrogens with one attached hydrogen (secondary N) is 2. The summed E-state index contributed by atoms with van der Waals surface area (Å²) in [6.07, 6.45) is -1.85. The second-order valence-electron chi connectivity index (χ2n) is 6.35. The van der Waals surface area contributed by atoms with Gasteiger partial charge in [0.05, 0.1) is 37.7 Å². The molecule has 2 amide bonds. The number of hydrogen-bond donors (Lipinski definition) is 2. The van der Waals surface area contributed by atoms with Crippen molar-refractivity contribution >= 4 is 23.4 Å². The van der Waals surface area contributed by atoms with E-state index in [1.165, 1.54) is 5.06 Å². The summed E-state index contributed by atoms with van der Waals surface area (Å²) in [7, 11) is 0. The van der Waals surface area contributed by atoms with E-state index in [-0.39, 0.29) is 0 Å². The SMILES string of the molecule is O=C(NC1N=C(c2ccccc2)c2ccccc2NC1=O)ON1CCOCC1. The van der Waals surface area contributed by atoms with Crippen molar-refractivity contribution in [3.05, 3.63) is 65.7 Å². The third kappa shape index (κ3) is 4.03. The molecule has 0 bridgehead atoms. The number of para-hydroxylation sites is 1. The molecule has 2 aliphatic rings. The first-order chi connectivity index (χ1) is 13.7. The number of carbonyl (C=O) groups is 2. The molecule has 2 N–H and O–H groups in total. The van der Waals surface area contributed by atoms with Crippen molar-refractivity contribution < 1.29 is 19.2 Å². The van der Waals surface area contributed by atoms with Crippen LogP contribution in [-0.4, -0.2) is 55.2 Å². The van der Waals surface area contributed by atoms with Gasteiger partial charge in [-0.15, -0.1) is 5.06 Å². The van der Waals surface area contributed by atoms with Gasteiger partial charge in [-0.3, -0.25) is 10.1 Å². The molecule has 2 aliphatic heterocycles. The number of amides is 2. The van der Waals surface area contributed by atoms with Gasteiger partial charge < -0.3 is 14.9 Å². The number of carbonyl (C=O) groups excluding carboxylic acids is 2. The molecule has 0 radical (unpaired) electrons. The van der Waals surface area contributed by atoms with Gasteiger partial charge in [0.1, 0.15) is 0 Å². The summed E-state index contributed by atoms with van der Waals surface area (Å²) < 4.78 is 5.22. The Balaban J connectivity index is 1.60. The second-order valence-corrected chi connectivity index (χ2v) is 6.35. The number of hydrogen-bond acceptors (Lipinski definition) is 6. The highest BCUT2D eigenvalue weighted by atomic mass is 16.7. The van der Waals surface area contributed by atoms with Crippen LogP contribution in [-0.2, 0) is 14.4 Å². The lowest BCUT2D eigenvalue weighted by Crippen LogP contribution is -2.46. The first-order valence-corrected chi connectivity index (χ1v) is 9.05. The normalized spacial score (nSPS) is 19.6. The first-order valence-electron chi connectivity index (χ1n) is 9.05. The van der Waals surface area contributed by atoms with Gasteiger partial charge in [-0.05, 0) is 6.07 Å². The number of fused-ring (bicyclic) bond motifs is 1. The fourth-order valence-electron chi connectivity index (χ4n) is 3.07. The van der Waals surface area contributed by atoms with E-state index in [2.05, 4.69) is 15.6 Å². The second kappa shape index (κ2) is 8.20. The summed E-state index contributed by atoms with van der Waals surface area (Å²) in [5.41, 5.74) is 2.89. The number of rotatable bonds is 3. The molecule has 1 fully saturated rings. The van der Waals surface area contributed by atoms with E-state index in [0.717, 1.165) is 11.1 Å². The topological polar surface area (TPSA) is 92.3 Å². The Morgan fingerprint density at radius 1 is 1.11 bits per heavy atom. The summed E-state index contributed by atoms with van der Waals surface area (Å²) in [5, 5.41) is 6.88. The molecular formula is C20H20N4O4. The Hall–Kier alpha value is -3.23. The van der Waals surface area contributed by atoms with Crippen LogP contribution in [0.15, 0.2) is 59.6 Å². The van der Waals surface area contributed by atoms with Crippen LogP contribution >= 0.6 is 0 Å². The first kappa shape index (κ1) is 18.1. The van der Waals surface area contributed by atoms with E-state index in [1.54, 1.807) is 6.07 Å². The molecule has 8 heteroatoms. The van der Waals surface area contributed by atoms with E-state index >= 15 is 0 Å². The maximum absolute atomic E-state index is 12.7. The molecule has 2 heterocycles. The van der Waals surface area contributed by atoms with E-state index in [4.69, 9.17) is 9.57 Å². The van der Waals surface area contributed by atoms with Crippen LogP contribution in [0.25, 0.3) is 0 Å². The van der Waals surface area contributed by atoms with E-state index in [0.29, 0.717) is 37.7 Å². The van der Waals surface area contributed by atoms with Crippen molar-refractivity contribution in [2.45, 2.75) is 6.17 Å². The van der Waals surface area contributed by atoms with Gasteiger partial charge in [0, 0.05) is 11.1 Å².